The van der Waals surface area contributed by atoms with Crippen LogP contribution >= 0.6 is 38.9 Å². The molecule has 0 saturated heterocycles. The average molecular weight is 312 g/mol. The van der Waals surface area contributed by atoms with E-state index in [9.17, 15) is 4.79 Å². The van der Waals surface area contributed by atoms with Crippen LogP contribution in [0, 0.1) is 0 Å². The van der Waals surface area contributed by atoms with Gasteiger partial charge < -0.3 is 11.5 Å². The van der Waals surface area contributed by atoms with Crippen LogP contribution in [0.2, 0.25) is 4.34 Å². The molecule has 6 heteroatoms. The van der Waals surface area contributed by atoms with Crippen molar-refractivity contribution >= 4 is 44.8 Å². The Morgan fingerprint density at radius 1 is 1.67 bits per heavy atom. The van der Waals surface area contributed by atoms with E-state index in [-0.39, 0.29) is 11.9 Å². The number of primary amides is 1. The Morgan fingerprint density at radius 3 is 2.80 bits per heavy atom. The van der Waals surface area contributed by atoms with E-state index in [1.807, 2.05) is 6.07 Å². The molecule has 0 bridgehead atoms. The molecule has 1 rings (SSSR count). The summed E-state index contributed by atoms with van der Waals surface area (Å²) in [4.78, 5) is 11.6. The van der Waals surface area contributed by atoms with Crippen molar-refractivity contribution in [1.29, 1.82) is 0 Å². The van der Waals surface area contributed by atoms with Gasteiger partial charge in [-0.2, -0.15) is 0 Å². The highest BCUT2D eigenvalue weighted by Crippen LogP contribution is 2.35. The third-order valence-corrected chi connectivity index (χ3v) is 4.57. The van der Waals surface area contributed by atoms with Gasteiger partial charge in [0.25, 0.3) is 0 Å². The molecule has 0 aliphatic rings. The largest absolute Gasteiger partial charge is 0.370 e. The molecule has 1 atom stereocenters. The summed E-state index contributed by atoms with van der Waals surface area (Å²) in [5.41, 5.74) is 11.0. The SMILES string of the molecule is NC(=O)CCCC(N)c1cc(Br)c(Cl)s1. The first-order valence-corrected chi connectivity index (χ1v) is 6.48. The van der Waals surface area contributed by atoms with E-state index in [0.29, 0.717) is 17.2 Å². The fourth-order valence-corrected chi connectivity index (χ4v) is 2.96. The van der Waals surface area contributed by atoms with Crippen LogP contribution in [0.1, 0.15) is 30.2 Å². The van der Waals surface area contributed by atoms with Crippen molar-refractivity contribution in [2.75, 3.05) is 0 Å². The minimum Gasteiger partial charge on any atom is -0.370 e. The maximum atomic E-state index is 10.5. The minimum atomic E-state index is -0.285. The summed E-state index contributed by atoms with van der Waals surface area (Å²) in [5.74, 6) is -0.285. The van der Waals surface area contributed by atoms with Gasteiger partial charge in [0.2, 0.25) is 5.91 Å². The lowest BCUT2D eigenvalue weighted by Gasteiger charge is -2.07. The first-order valence-electron chi connectivity index (χ1n) is 4.49. The van der Waals surface area contributed by atoms with E-state index >= 15 is 0 Å². The van der Waals surface area contributed by atoms with Crippen LogP contribution in [0.15, 0.2) is 10.5 Å². The zero-order valence-corrected chi connectivity index (χ0v) is 11.2. The van der Waals surface area contributed by atoms with Crippen molar-refractivity contribution in [3.05, 3.63) is 19.8 Å². The van der Waals surface area contributed by atoms with Gasteiger partial charge in [-0.1, -0.05) is 11.6 Å². The van der Waals surface area contributed by atoms with Gasteiger partial charge >= 0.3 is 0 Å². The van der Waals surface area contributed by atoms with E-state index < -0.39 is 0 Å². The second-order valence-electron chi connectivity index (χ2n) is 3.24. The second kappa shape index (κ2) is 5.84. The lowest BCUT2D eigenvalue weighted by molar-refractivity contribution is -0.118. The molecule has 0 aromatic carbocycles. The van der Waals surface area contributed by atoms with Gasteiger partial charge in [0.05, 0.1) is 0 Å². The smallest absolute Gasteiger partial charge is 0.217 e. The number of nitrogens with two attached hydrogens (primary N) is 2. The molecule has 0 spiro atoms. The van der Waals surface area contributed by atoms with Gasteiger partial charge in [0.15, 0.2) is 0 Å². The summed E-state index contributed by atoms with van der Waals surface area (Å²) < 4.78 is 1.57. The molecule has 0 radical (unpaired) electrons. The molecule has 0 fully saturated rings. The van der Waals surface area contributed by atoms with E-state index in [4.69, 9.17) is 23.1 Å². The van der Waals surface area contributed by atoms with Gasteiger partial charge in [0, 0.05) is 21.8 Å². The van der Waals surface area contributed by atoms with Crippen molar-refractivity contribution in [3.8, 4) is 0 Å². The van der Waals surface area contributed by atoms with Gasteiger partial charge in [0.1, 0.15) is 4.34 Å². The number of hydrogen-bond acceptors (Lipinski definition) is 3. The molecule has 84 valence electrons. The standard InChI is InChI=1S/C9H12BrClN2OS/c10-5-4-7(15-9(5)11)6(12)2-1-3-8(13)14/h4,6H,1-3,12H2,(H2,13,14). The van der Waals surface area contributed by atoms with Gasteiger partial charge in [-0.15, -0.1) is 11.3 Å². The molecular weight excluding hydrogens is 300 g/mol. The molecular formula is C9H12BrClN2OS. The molecule has 1 aromatic heterocycles. The highest BCUT2D eigenvalue weighted by Gasteiger charge is 2.12. The Morgan fingerprint density at radius 2 is 2.33 bits per heavy atom. The number of thiophene rings is 1. The van der Waals surface area contributed by atoms with E-state index in [1.165, 1.54) is 11.3 Å². The Hall–Kier alpha value is -0.100. The minimum absolute atomic E-state index is 0.0712. The molecule has 0 aliphatic heterocycles. The number of amides is 1. The van der Waals surface area contributed by atoms with Crippen molar-refractivity contribution in [1.82, 2.24) is 0 Å². The Labute approximate surface area is 106 Å². The molecule has 4 N–H and O–H groups in total. The van der Waals surface area contributed by atoms with Crippen molar-refractivity contribution in [3.63, 3.8) is 0 Å². The van der Waals surface area contributed by atoms with Crippen LogP contribution in [0.5, 0.6) is 0 Å². The zero-order valence-electron chi connectivity index (χ0n) is 8.00. The number of carbonyl (C=O) groups is 1. The fourth-order valence-electron chi connectivity index (χ4n) is 1.18. The van der Waals surface area contributed by atoms with Crippen molar-refractivity contribution in [2.24, 2.45) is 11.5 Å². The van der Waals surface area contributed by atoms with Crippen LogP contribution in [0.3, 0.4) is 0 Å². The number of hydrogen-bond donors (Lipinski definition) is 2. The lowest BCUT2D eigenvalue weighted by Crippen LogP contribution is -2.13. The Balaban J connectivity index is 2.46. The summed E-state index contributed by atoms with van der Waals surface area (Å²) >= 11 is 10.7. The molecule has 15 heavy (non-hydrogen) atoms. The van der Waals surface area contributed by atoms with Crippen LogP contribution < -0.4 is 11.5 Å². The predicted octanol–water partition coefficient (Wildman–Crippen LogP) is 2.82. The predicted molar refractivity (Wildman–Crippen MR) is 67.0 cm³/mol. The average Bonchev–Trinajstić information content (AvgIpc) is 2.46. The number of rotatable bonds is 5. The maximum Gasteiger partial charge on any atom is 0.217 e. The molecule has 3 nitrogen and oxygen atoms in total. The monoisotopic (exact) mass is 310 g/mol. The zero-order chi connectivity index (χ0) is 11.4. The Kier molecular flexibility index (Phi) is 5.05. The van der Waals surface area contributed by atoms with Crippen molar-refractivity contribution in [2.45, 2.75) is 25.3 Å². The summed E-state index contributed by atoms with van der Waals surface area (Å²) in [7, 11) is 0. The summed E-state index contributed by atoms with van der Waals surface area (Å²) in [6.45, 7) is 0. The third-order valence-electron chi connectivity index (χ3n) is 1.97. The van der Waals surface area contributed by atoms with Crippen LogP contribution in [0.4, 0.5) is 0 Å². The highest BCUT2D eigenvalue weighted by atomic mass is 79.9. The molecule has 1 unspecified atom stereocenters. The van der Waals surface area contributed by atoms with E-state index in [1.54, 1.807) is 0 Å². The second-order valence-corrected chi connectivity index (χ2v) is 5.78. The topological polar surface area (TPSA) is 69.1 Å². The number of carbonyl (C=O) groups excluding carboxylic acids is 1. The normalized spacial score (nSPS) is 12.7. The lowest BCUT2D eigenvalue weighted by atomic mass is 10.1. The molecule has 1 aromatic rings. The van der Waals surface area contributed by atoms with Crippen LogP contribution in [0.25, 0.3) is 0 Å². The van der Waals surface area contributed by atoms with Gasteiger partial charge in [-0.25, -0.2) is 0 Å². The van der Waals surface area contributed by atoms with Crippen LogP contribution in [-0.2, 0) is 4.79 Å². The molecule has 0 aliphatic carbocycles. The molecule has 1 amide bonds. The van der Waals surface area contributed by atoms with Gasteiger partial charge in [-0.05, 0) is 34.8 Å². The number of halogens is 2. The summed E-state index contributed by atoms with van der Waals surface area (Å²) in [6, 6.07) is 1.85. The first-order chi connectivity index (χ1) is 7.00. The van der Waals surface area contributed by atoms with Gasteiger partial charge in [-0.3, -0.25) is 4.79 Å². The highest BCUT2D eigenvalue weighted by molar-refractivity contribution is 9.10. The third kappa shape index (κ3) is 4.10. The summed E-state index contributed by atoms with van der Waals surface area (Å²) in [6.07, 6.45) is 1.84. The Bertz CT molecular complexity index is 336. The summed E-state index contributed by atoms with van der Waals surface area (Å²) in [5, 5.41) is 0. The maximum absolute atomic E-state index is 10.5. The fraction of sp³-hybridized carbons (Fsp3) is 0.444. The first kappa shape index (κ1) is 13.0. The molecule has 0 saturated carbocycles. The molecule has 1 heterocycles. The quantitative estimate of drug-likeness (QED) is 0.878. The van der Waals surface area contributed by atoms with E-state index in [2.05, 4.69) is 15.9 Å². The van der Waals surface area contributed by atoms with Crippen LogP contribution in [-0.4, -0.2) is 5.91 Å². The van der Waals surface area contributed by atoms with Crippen molar-refractivity contribution < 1.29 is 4.79 Å². The van der Waals surface area contributed by atoms with E-state index in [0.717, 1.165) is 15.8 Å².